The Morgan fingerprint density at radius 3 is 2.40 bits per heavy atom. The first-order valence-corrected chi connectivity index (χ1v) is 15.0. The number of ether oxygens (including phenoxy) is 3. The minimum absolute atomic E-state index is 0.170. The number of halogens is 3. The predicted octanol–water partition coefficient (Wildman–Crippen LogP) is 5.10. The molecule has 246 valence electrons. The largest absolute Gasteiger partial charge is 0.573 e. The van der Waals surface area contributed by atoms with E-state index >= 15 is 0 Å². The van der Waals surface area contributed by atoms with E-state index in [-0.39, 0.29) is 22.3 Å². The second kappa shape index (κ2) is 12.1. The lowest BCUT2D eigenvalue weighted by Gasteiger charge is -2.34. The summed E-state index contributed by atoms with van der Waals surface area (Å²) in [6.07, 6.45) is 0.344. The number of aromatic nitrogens is 3. The summed E-state index contributed by atoms with van der Waals surface area (Å²) < 4.78 is 56.1. The highest BCUT2D eigenvalue weighted by Crippen LogP contribution is 2.44. The zero-order chi connectivity index (χ0) is 33.6. The molecular weight excluding hydrogens is 619 g/mol. The van der Waals surface area contributed by atoms with Gasteiger partial charge in [-0.1, -0.05) is 6.07 Å². The van der Waals surface area contributed by atoms with E-state index in [1.807, 2.05) is 4.90 Å². The molecule has 11 nitrogen and oxygen atoms in total. The van der Waals surface area contributed by atoms with Crippen molar-refractivity contribution in [2.24, 2.45) is 0 Å². The summed E-state index contributed by atoms with van der Waals surface area (Å²) >= 11 is 0. The van der Waals surface area contributed by atoms with Crippen LogP contribution in [0.4, 0.5) is 18.9 Å². The van der Waals surface area contributed by atoms with Crippen LogP contribution in [0.15, 0.2) is 66.0 Å². The van der Waals surface area contributed by atoms with Crippen molar-refractivity contribution in [3.05, 3.63) is 77.1 Å². The summed E-state index contributed by atoms with van der Waals surface area (Å²) in [5, 5.41) is 2.86. The Bertz CT molecular complexity index is 1910. The van der Waals surface area contributed by atoms with Crippen LogP contribution in [-0.2, 0) is 14.3 Å². The van der Waals surface area contributed by atoms with Crippen molar-refractivity contribution in [1.29, 1.82) is 0 Å². The third-order valence-electron chi connectivity index (χ3n) is 7.94. The lowest BCUT2D eigenvalue weighted by Crippen LogP contribution is -2.51. The molecule has 3 heterocycles. The Morgan fingerprint density at radius 2 is 1.72 bits per heavy atom. The Labute approximate surface area is 267 Å². The third-order valence-corrected chi connectivity index (χ3v) is 7.94. The SMILES string of the molecule is CC(C)(C)OC(=O)c1cncc(-c2ccc3c(=O)n(-c4ccc(OC(F)(F)F)c(NC(=O)C5(N6CCOCC6)CC5)c4)cnc3c2)c1. The van der Waals surface area contributed by atoms with E-state index in [4.69, 9.17) is 9.47 Å². The highest BCUT2D eigenvalue weighted by atomic mass is 19.4. The van der Waals surface area contributed by atoms with E-state index in [0.717, 1.165) is 6.07 Å². The molecule has 2 aromatic heterocycles. The van der Waals surface area contributed by atoms with Crippen LogP contribution in [0.2, 0.25) is 0 Å². The molecule has 2 aliphatic rings. The molecule has 0 bridgehead atoms. The summed E-state index contributed by atoms with van der Waals surface area (Å²) in [7, 11) is 0. The van der Waals surface area contributed by atoms with Crippen LogP contribution in [0.5, 0.6) is 5.75 Å². The van der Waals surface area contributed by atoms with E-state index in [2.05, 4.69) is 20.0 Å². The smallest absolute Gasteiger partial charge is 0.456 e. The van der Waals surface area contributed by atoms with Gasteiger partial charge in [0.1, 0.15) is 17.5 Å². The molecule has 6 rings (SSSR count). The molecule has 47 heavy (non-hydrogen) atoms. The molecule has 1 aliphatic carbocycles. The highest BCUT2D eigenvalue weighted by Gasteiger charge is 2.54. The third kappa shape index (κ3) is 6.98. The molecular formula is C33H32F3N5O6. The maximum absolute atomic E-state index is 13.6. The molecule has 0 atom stereocenters. The summed E-state index contributed by atoms with van der Waals surface area (Å²) in [4.78, 5) is 50.2. The van der Waals surface area contributed by atoms with Crippen LogP contribution in [0.25, 0.3) is 27.7 Å². The van der Waals surface area contributed by atoms with Gasteiger partial charge >= 0.3 is 12.3 Å². The predicted molar refractivity (Wildman–Crippen MR) is 165 cm³/mol. The number of rotatable bonds is 7. The number of nitrogens with one attached hydrogen (secondary N) is 1. The van der Waals surface area contributed by atoms with Crippen molar-refractivity contribution in [2.45, 2.75) is 51.1 Å². The number of nitrogens with zero attached hydrogens (tertiary/aromatic N) is 4. The van der Waals surface area contributed by atoms with Gasteiger partial charge < -0.3 is 19.5 Å². The van der Waals surface area contributed by atoms with Crippen molar-refractivity contribution < 1.29 is 37.0 Å². The number of hydrogen-bond donors (Lipinski definition) is 1. The van der Waals surface area contributed by atoms with Crippen LogP contribution >= 0.6 is 0 Å². The first-order chi connectivity index (χ1) is 22.2. The van der Waals surface area contributed by atoms with Gasteiger partial charge in [0.25, 0.3) is 5.56 Å². The van der Waals surface area contributed by atoms with E-state index in [9.17, 15) is 27.6 Å². The number of benzene rings is 2. The Balaban J connectivity index is 1.31. The quantitative estimate of drug-likeness (QED) is 0.272. The van der Waals surface area contributed by atoms with Crippen LogP contribution in [0.3, 0.4) is 0 Å². The number of carbonyl (C=O) groups is 2. The van der Waals surface area contributed by atoms with Crippen molar-refractivity contribution in [3.63, 3.8) is 0 Å². The topological polar surface area (TPSA) is 125 Å². The van der Waals surface area contributed by atoms with Crippen molar-refractivity contribution in [1.82, 2.24) is 19.4 Å². The Hall–Kier alpha value is -4.82. The number of pyridine rings is 1. The average Bonchev–Trinajstić information content (AvgIpc) is 3.84. The lowest BCUT2D eigenvalue weighted by molar-refractivity contribution is -0.274. The first kappa shape index (κ1) is 32.1. The van der Waals surface area contributed by atoms with Gasteiger partial charge in [-0.25, -0.2) is 9.78 Å². The fourth-order valence-corrected chi connectivity index (χ4v) is 5.55. The molecule has 1 saturated heterocycles. The fourth-order valence-electron chi connectivity index (χ4n) is 5.55. The van der Waals surface area contributed by atoms with Crippen molar-refractivity contribution in [2.75, 3.05) is 31.6 Å². The molecule has 4 aromatic rings. The van der Waals surface area contributed by atoms with Crippen LogP contribution < -0.4 is 15.6 Å². The normalized spacial score (nSPS) is 16.5. The molecule has 1 N–H and O–H groups in total. The summed E-state index contributed by atoms with van der Waals surface area (Å²) in [5.41, 5.74) is -0.210. The highest BCUT2D eigenvalue weighted by molar-refractivity contribution is 6.01. The number of esters is 1. The molecule has 0 unspecified atom stereocenters. The Morgan fingerprint density at radius 1 is 0.979 bits per heavy atom. The number of morpholine rings is 1. The average molecular weight is 652 g/mol. The van der Waals surface area contributed by atoms with Gasteiger partial charge in [-0.15, -0.1) is 13.2 Å². The zero-order valence-corrected chi connectivity index (χ0v) is 25.9. The van der Waals surface area contributed by atoms with Crippen LogP contribution in [0.1, 0.15) is 44.0 Å². The number of fused-ring (bicyclic) bond motifs is 1. The molecule has 0 radical (unpaired) electrons. The van der Waals surface area contributed by atoms with Gasteiger partial charge in [0.05, 0.1) is 41.1 Å². The van der Waals surface area contributed by atoms with E-state index < -0.39 is 40.7 Å². The maximum Gasteiger partial charge on any atom is 0.573 e. The van der Waals surface area contributed by atoms with Gasteiger partial charge in [0.15, 0.2) is 5.75 Å². The molecule has 1 saturated carbocycles. The molecule has 2 fully saturated rings. The van der Waals surface area contributed by atoms with Gasteiger partial charge in [-0.3, -0.25) is 24.0 Å². The van der Waals surface area contributed by atoms with Crippen molar-refractivity contribution in [3.8, 4) is 22.6 Å². The van der Waals surface area contributed by atoms with E-state index in [0.29, 0.717) is 55.8 Å². The number of hydrogen-bond acceptors (Lipinski definition) is 9. The molecule has 1 aliphatic heterocycles. The number of amides is 1. The standard InChI is InChI=1S/C33H32F3N5O6/c1-31(2,3)47-29(43)22-14-21(17-37-18-22)20-4-6-24-25(15-20)38-19-41(28(24)42)23-5-7-27(46-33(34,35)36)26(16-23)39-30(44)32(8-9-32)40-10-12-45-13-11-40/h4-7,14-19H,8-13H2,1-3H3,(H,39,44). The molecule has 0 spiro atoms. The van der Waals surface area contributed by atoms with Crippen LogP contribution in [-0.4, -0.2) is 75.1 Å². The monoisotopic (exact) mass is 651 g/mol. The number of alkyl halides is 3. The van der Waals surface area contributed by atoms with Gasteiger partial charge in [0, 0.05) is 31.0 Å². The minimum atomic E-state index is -5.01. The van der Waals surface area contributed by atoms with E-state index in [1.54, 1.807) is 51.2 Å². The second-order valence-electron chi connectivity index (χ2n) is 12.4. The first-order valence-electron chi connectivity index (χ1n) is 15.0. The number of anilines is 1. The Kier molecular flexibility index (Phi) is 8.26. The summed E-state index contributed by atoms with van der Waals surface area (Å²) in [5.74, 6) is -1.59. The summed E-state index contributed by atoms with van der Waals surface area (Å²) in [6.45, 7) is 7.28. The van der Waals surface area contributed by atoms with Crippen molar-refractivity contribution >= 4 is 28.5 Å². The van der Waals surface area contributed by atoms with Gasteiger partial charge in [0.2, 0.25) is 5.91 Å². The summed E-state index contributed by atoms with van der Waals surface area (Å²) in [6, 6.07) is 10.1. The molecule has 14 heteroatoms. The maximum atomic E-state index is 13.6. The minimum Gasteiger partial charge on any atom is -0.456 e. The fraction of sp³-hybridized carbons (Fsp3) is 0.364. The number of carbonyl (C=O) groups excluding carboxylic acids is 2. The van der Waals surface area contributed by atoms with Gasteiger partial charge in [-0.2, -0.15) is 0 Å². The molecule has 2 aromatic carbocycles. The molecule has 1 amide bonds. The van der Waals surface area contributed by atoms with E-state index in [1.165, 1.54) is 29.2 Å². The van der Waals surface area contributed by atoms with Gasteiger partial charge in [-0.05, 0) is 75.6 Å². The van der Waals surface area contributed by atoms with Crippen LogP contribution in [0, 0.1) is 0 Å². The lowest BCUT2D eigenvalue weighted by atomic mass is 10.0. The second-order valence-corrected chi connectivity index (χ2v) is 12.4. The zero-order valence-electron chi connectivity index (χ0n) is 25.9.